The van der Waals surface area contributed by atoms with Crippen molar-refractivity contribution in [1.29, 1.82) is 0 Å². The van der Waals surface area contributed by atoms with Crippen LogP contribution in [0.15, 0.2) is 6.20 Å². The van der Waals surface area contributed by atoms with Gasteiger partial charge in [-0.25, -0.2) is 4.79 Å². The van der Waals surface area contributed by atoms with E-state index < -0.39 is 17.9 Å². The number of aromatic amines is 1. The Labute approximate surface area is 102 Å². The van der Waals surface area contributed by atoms with E-state index in [1.807, 2.05) is 0 Å². The van der Waals surface area contributed by atoms with Crippen molar-refractivity contribution in [2.45, 2.75) is 6.42 Å². The molecule has 2 N–H and O–H groups in total. The fourth-order valence-electron chi connectivity index (χ4n) is 1.89. The third kappa shape index (κ3) is 1.92. The molecule has 1 aliphatic heterocycles. The predicted molar refractivity (Wildman–Crippen MR) is 58.0 cm³/mol. The summed E-state index contributed by atoms with van der Waals surface area (Å²) in [5, 5.41) is 15.0. The lowest BCUT2D eigenvalue weighted by molar-refractivity contribution is -0.145. The van der Waals surface area contributed by atoms with Gasteiger partial charge in [-0.3, -0.25) is 19.6 Å². The van der Waals surface area contributed by atoms with Gasteiger partial charge in [0.05, 0.1) is 19.2 Å². The number of nitrogens with one attached hydrogen (secondary N) is 1. The van der Waals surface area contributed by atoms with Crippen LogP contribution >= 0.6 is 0 Å². The number of esters is 1. The van der Waals surface area contributed by atoms with Gasteiger partial charge < -0.3 is 9.84 Å². The lowest BCUT2D eigenvalue weighted by atomic mass is 10.1. The minimum Gasteiger partial charge on any atom is -0.477 e. The zero-order chi connectivity index (χ0) is 13.3. The molecule has 1 amide bonds. The van der Waals surface area contributed by atoms with Gasteiger partial charge in [0.25, 0.3) is 0 Å². The van der Waals surface area contributed by atoms with Crippen molar-refractivity contribution >= 4 is 23.7 Å². The van der Waals surface area contributed by atoms with Gasteiger partial charge in [0.1, 0.15) is 11.4 Å². The van der Waals surface area contributed by atoms with E-state index in [1.54, 1.807) is 0 Å². The number of carbonyl (C=O) groups excluding carboxylic acids is 2. The summed E-state index contributed by atoms with van der Waals surface area (Å²) >= 11 is 0. The Bertz CT molecular complexity index is 509. The number of anilines is 1. The van der Waals surface area contributed by atoms with Gasteiger partial charge in [-0.1, -0.05) is 0 Å². The standard InChI is InChI=1S/C10H11N3O5/c1-18-10(17)5-2-7(14)13(4-5)8-6(9(15)16)3-11-12-8/h3,5H,2,4H2,1H3,(H,11,12)(H,15,16). The van der Waals surface area contributed by atoms with Crippen LogP contribution in [-0.2, 0) is 14.3 Å². The van der Waals surface area contributed by atoms with Gasteiger partial charge in [-0.15, -0.1) is 0 Å². The van der Waals surface area contributed by atoms with E-state index in [2.05, 4.69) is 14.9 Å². The molecule has 1 aromatic rings. The SMILES string of the molecule is COC(=O)C1CC(=O)N(c2[nH]ncc2C(=O)O)C1. The lowest BCUT2D eigenvalue weighted by Gasteiger charge is -2.14. The summed E-state index contributed by atoms with van der Waals surface area (Å²) in [5.74, 6) is -2.49. The smallest absolute Gasteiger partial charge is 0.341 e. The zero-order valence-electron chi connectivity index (χ0n) is 9.54. The number of methoxy groups -OCH3 is 1. The molecule has 1 atom stereocenters. The van der Waals surface area contributed by atoms with E-state index in [9.17, 15) is 14.4 Å². The number of carbonyl (C=O) groups is 3. The Morgan fingerprint density at radius 3 is 2.94 bits per heavy atom. The fraction of sp³-hybridized carbons (Fsp3) is 0.400. The number of hydrogen-bond donors (Lipinski definition) is 2. The molecule has 0 bridgehead atoms. The molecular weight excluding hydrogens is 242 g/mol. The predicted octanol–water partition coefficient (Wildman–Crippen LogP) is -0.366. The average molecular weight is 253 g/mol. The second-order valence-electron chi connectivity index (χ2n) is 3.87. The lowest BCUT2D eigenvalue weighted by Crippen LogP contribution is -2.28. The van der Waals surface area contributed by atoms with Crippen molar-refractivity contribution in [2.75, 3.05) is 18.6 Å². The zero-order valence-corrected chi connectivity index (χ0v) is 9.54. The topological polar surface area (TPSA) is 113 Å². The Kier molecular flexibility index (Phi) is 3.00. The maximum atomic E-state index is 11.8. The van der Waals surface area contributed by atoms with Crippen molar-refractivity contribution in [2.24, 2.45) is 5.92 Å². The van der Waals surface area contributed by atoms with Gasteiger partial charge in [0, 0.05) is 13.0 Å². The first kappa shape index (κ1) is 12.1. The van der Waals surface area contributed by atoms with Crippen molar-refractivity contribution < 1.29 is 24.2 Å². The molecule has 1 aliphatic rings. The van der Waals surface area contributed by atoms with Crippen LogP contribution in [0.1, 0.15) is 16.8 Å². The maximum Gasteiger partial charge on any atom is 0.341 e. The molecule has 2 rings (SSSR count). The van der Waals surface area contributed by atoms with E-state index in [0.29, 0.717) is 0 Å². The Hall–Kier alpha value is -2.38. The fourth-order valence-corrected chi connectivity index (χ4v) is 1.89. The second-order valence-corrected chi connectivity index (χ2v) is 3.87. The molecule has 0 radical (unpaired) electrons. The number of hydrogen-bond acceptors (Lipinski definition) is 5. The summed E-state index contributed by atoms with van der Waals surface area (Å²) in [7, 11) is 1.24. The third-order valence-electron chi connectivity index (χ3n) is 2.78. The Morgan fingerprint density at radius 2 is 2.33 bits per heavy atom. The van der Waals surface area contributed by atoms with E-state index in [-0.39, 0.29) is 30.3 Å². The highest BCUT2D eigenvalue weighted by Gasteiger charge is 2.38. The van der Waals surface area contributed by atoms with Crippen LogP contribution in [0, 0.1) is 5.92 Å². The molecule has 1 fully saturated rings. The summed E-state index contributed by atoms with van der Waals surface area (Å²) in [4.78, 5) is 35.2. The van der Waals surface area contributed by atoms with Crippen LogP contribution in [-0.4, -0.2) is 46.8 Å². The Balaban J connectivity index is 2.24. The number of carboxylic acid groups (broad SMARTS) is 1. The monoisotopic (exact) mass is 253 g/mol. The minimum atomic E-state index is -1.19. The molecular formula is C10H11N3O5. The number of H-pyrrole nitrogens is 1. The van der Waals surface area contributed by atoms with Crippen LogP contribution < -0.4 is 4.90 Å². The van der Waals surface area contributed by atoms with Crippen LogP contribution in [0.4, 0.5) is 5.82 Å². The summed E-state index contributed by atoms with van der Waals surface area (Å²) in [5.41, 5.74) is -0.103. The highest BCUT2D eigenvalue weighted by molar-refractivity contribution is 6.03. The molecule has 1 saturated heterocycles. The van der Waals surface area contributed by atoms with Crippen LogP contribution in [0.5, 0.6) is 0 Å². The summed E-state index contributed by atoms with van der Waals surface area (Å²) in [6.07, 6.45) is 1.13. The molecule has 1 unspecified atom stereocenters. The van der Waals surface area contributed by atoms with Gasteiger partial charge in [0.2, 0.25) is 5.91 Å². The molecule has 0 aromatic carbocycles. The highest BCUT2D eigenvalue weighted by atomic mass is 16.5. The number of carboxylic acids is 1. The van der Waals surface area contributed by atoms with E-state index in [0.717, 1.165) is 6.20 Å². The summed E-state index contributed by atoms with van der Waals surface area (Å²) in [6, 6.07) is 0. The average Bonchev–Trinajstić information content (AvgIpc) is 2.93. The largest absolute Gasteiger partial charge is 0.477 e. The summed E-state index contributed by atoms with van der Waals surface area (Å²) < 4.78 is 4.57. The second kappa shape index (κ2) is 4.47. The first-order valence-electron chi connectivity index (χ1n) is 5.19. The highest BCUT2D eigenvalue weighted by Crippen LogP contribution is 2.26. The van der Waals surface area contributed by atoms with Crippen LogP contribution in [0.2, 0.25) is 0 Å². The number of aromatic nitrogens is 2. The molecule has 2 heterocycles. The number of ether oxygens (including phenoxy) is 1. The van der Waals surface area contributed by atoms with Gasteiger partial charge >= 0.3 is 11.9 Å². The summed E-state index contributed by atoms with van der Waals surface area (Å²) in [6.45, 7) is 0.0913. The van der Waals surface area contributed by atoms with Crippen LogP contribution in [0.3, 0.4) is 0 Å². The maximum absolute atomic E-state index is 11.8. The van der Waals surface area contributed by atoms with Crippen molar-refractivity contribution in [3.05, 3.63) is 11.8 Å². The van der Waals surface area contributed by atoms with Gasteiger partial charge in [0.15, 0.2) is 0 Å². The Morgan fingerprint density at radius 1 is 1.61 bits per heavy atom. The molecule has 8 nitrogen and oxygen atoms in total. The molecule has 0 spiro atoms. The molecule has 8 heteroatoms. The molecule has 1 aromatic heterocycles. The van der Waals surface area contributed by atoms with Crippen molar-refractivity contribution in [1.82, 2.24) is 10.2 Å². The molecule has 96 valence electrons. The molecule has 0 aliphatic carbocycles. The normalized spacial score (nSPS) is 19.1. The van der Waals surface area contributed by atoms with Crippen LogP contribution in [0.25, 0.3) is 0 Å². The number of nitrogens with zero attached hydrogens (tertiary/aromatic N) is 2. The molecule has 0 saturated carbocycles. The number of aromatic carboxylic acids is 1. The van der Waals surface area contributed by atoms with E-state index in [1.165, 1.54) is 12.0 Å². The minimum absolute atomic E-state index is 0.00471. The van der Waals surface area contributed by atoms with Gasteiger partial charge in [-0.05, 0) is 0 Å². The quantitative estimate of drug-likeness (QED) is 0.711. The van der Waals surface area contributed by atoms with E-state index in [4.69, 9.17) is 5.11 Å². The first-order valence-corrected chi connectivity index (χ1v) is 5.19. The first-order chi connectivity index (χ1) is 8.54. The van der Waals surface area contributed by atoms with Crippen molar-refractivity contribution in [3.63, 3.8) is 0 Å². The number of rotatable bonds is 3. The van der Waals surface area contributed by atoms with Crippen molar-refractivity contribution in [3.8, 4) is 0 Å². The van der Waals surface area contributed by atoms with Gasteiger partial charge in [-0.2, -0.15) is 5.10 Å². The third-order valence-corrected chi connectivity index (χ3v) is 2.78. The number of amides is 1. The molecule has 18 heavy (non-hydrogen) atoms. The van der Waals surface area contributed by atoms with E-state index >= 15 is 0 Å².